The molecule has 1 heterocycles. The van der Waals surface area contributed by atoms with Gasteiger partial charge in [-0.15, -0.1) is 0 Å². The van der Waals surface area contributed by atoms with Crippen molar-refractivity contribution in [3.63, 3.8) is 0 Å². The lowest BCUT2D eigenvalue weighted by Gasteiger charge is -2.01. The van der Waals surface area contributed by atoms with Crippen LogP contribution in [0.2, 0.25) is 0 Å². The van der Waals surface area contributed by atoms with E-state index in [1.54, 1.807) is 0 Å². The van der Waals surface area contributed by atoms with Gasteiger partial charge in [0.1, 0.15) is 5.82 Å². The van der Waals surface area contributed by atoms with E-state index in [4.69, 9.17) is 0 Å². The molecule has 3 nitrogen and oxygen atoms in total. The molecule has 20 heavy (non-hydrogen) atoms. The van der Waals surface area contributed by atoms with E-state index >= 15 is 0 Å². The number of halogens is 1. The lowest BCUT2D eigenvalue weighted by molar-refractivity contribution is 0.710. The highest BCUT2D eigenvalue weighted by Gasteiger charge is 2.02. The highest BCUT2D eigenvalue weighted by Crippen LogP contribution is 2.19. The van der Waals surface area contributed by atoms with Gasteiger partial charge in [0.15, 0.2) is 0 Å². The molecule has 0 aliphatic carbocycles. The fraction of sp³-hybridized carbons (Fsp3) is 0.312. The zero-order valence-corrected chi connectivity index (χ0v) is 13.9. The summed E-state index contributed by atoms with van der Waals surface area (Å²) < 4.78 is 1.08. The van der Waals surface area contributed by atoms with Crippen molar-refractivity contribution in [3.8, 4) is 11.3 Å². The summed E-state index contributed by atoms with van der Waals surface area (Å²) in [7, 11) is 0. The van der Waals surface area contributed by atoms with Crippen LogP contribution in [-0.2, 0) is 6.54 Å². The Morgan fingerprint density at radius 2 is 1.95 bits per heavy atom. The van der Waals surface area contributed by atoms with Crippen LogP contribution in [-0.4, -0.2) is 16.5 Å². The minimum atomic E-state index is 0.726. The van der Waals surface area contributed by atoms with Crippen molar-refractivity contribution >= 4 is 15.9 Å². The predicted octanol–water partition coefficient (Wildman–Crippen LogP) is 4.53. The van der Waals surface area contributed by atoms with Crippen LogP contribution in [0.25, 0.3) is 11.3 Å². The lowest BCUT2D eigenvalue weighted by atomic mass is 10.2. The maximum Gasteiger partial charge on any atom is 0.120 e. The maximum absolute atomic E-state index is 4.35. The average molecular weight is 336 g/mol. The molecule has 0 fully saturated rings. The molecule has 1 aromatic heterocycles. The van der Waals surface area contributed by atoms with Gasteiger partial charge in [-0.05, 0) is 24.6 Å². The Bertz CT molecular complexity index is 529. The third kappa shape index (κ3) is 5.31. The fourth-order valence-electron chi connectivity index (χ4n) is 1.62. The molecule has 0 saturated carbocycles. The molecule has 0 amide bonds. The molecule has 0 bridgehead atoms. The van der Waals surface area contributed by atoms with E-state index in [1.807, 2.05) is 39.1 Å². The zero-order chi connectivity index (χ0) is 15.0. The predicted molar refractivity (Wildman–Crippen MR) is 89.6 cm³/mol. The summed E-state index contributed by atoms with van der Waals surface area (Å²) in [6.07, 6.45) is 1.86. The molecule has 0 atom stereocenters. The molecule has 0 saturated heterocycles. The molecule has 0 unspecified atom stereocenters. The number of aromatic nitrogens is 2. The highest BCUT2D eigenvalue weighted by atomic mass is 79.9. The van der Waals surface area contributed by atoms with Crippen molar-refractivity contribution in [1.29, 1.82) is 0 Å². The first kappa shape index (κ1) is 16.7. The second-order valence-electron chi connectivity index (χ2n) is 4.31. The zero-order valence-electron chi connectivity index (χ0n) is 12.3. The molecule has 0 spiro atoms. The van der Waals surface area contributed by atoms with E-state index < -0.39 is 0 Å². The Labute approximate surface area is 129 Å². The third-order valence-electron chi connectivity index (χ3n) is 2.50. The largest absolute Gasteiger partial charge is 0.341 e. The number of hydrogen-bond donors (Lipinski definition) is 2. The van der Waals surface area contributed by atoms with E-state index in [9.17, 15) is 0 Å². The number of nitrogens with one attached hydrogen (secondary N) is 2. The quantitative estimate of drug-likeness (QED) is 0.788. The Hall–Kier alpha value is -1.39. The first-order chi connectivity index (χ1) is 9.65. The van der Waals surface area contributed by atoms with Crippen LogP contribution in [0.5, 0.6) is 0 Å². The first-order valence-corrected chi connectivity index (χ1v) is 7.59. The third-order valence-corrected chi connectivity index (χ3v) is 3.03. The lowest BCUT2D eigenvalue weighted by Crippen LogP contribution is -2.15. The number of aromatic amines is 1. The van der Waals surface area contributed by atoms with Crippen molar-refractivity contribution in [2.45, 2.75) is 27.3 Å². The summed E-state index contributed by atoms with van der Waals surface area (Å²) in [5.41, 5.74) is 3.29. The summed E-state index contributed by atoms with van der Waals surface area (Å²) in [5, 5.41) is 3.27. The Morgan fingerprint density at radius 1 is 1.30 bits per heavy atom. The first-order valence-electron chi connectivity index (χ1n) is 6.80. The molecule has 2 N–H and O–H groups in total. The molecule has 2 aromatic rings. The van der Waals surface area contributed by atoms with E-state index in [0.717, 1.165) is 40.2 Å². The Morgan fingerprint density at radius 3 is 2.55 bits per heavy atom. The second-order valence-corrected chi connectivity index (χ2v) is 5.23. The van der Waals surface area contributed by atoms with Gasteiger partial charge in [-0.25, -0.2) is 4.98 Å². The van der Waals surface area contributed by atoms with E-state index in [0.29, 0.717) is 0 Å². The van der Waals surface area contributed by atoms with Crippen molar-refractivity contribution in [1.82, 2.24) is 15.3 Å². The minimum absolute atomic E-state index is 0.726. The van der Waals surface area contributed by atoms with Crippen LogP contribution in [0.1, 0.15) is 26.6 Å². The summed E-state index contributed by atoms with van der Waals surface area (Å²) in [6.45, 7) is 11.4. The molecule has 4 heteroatoms. The van der Waals surface area contributed by atoms with Gasteiger partial charge in [-0.1, -0.05) is 54.1 Å². The van der Waals surface area contributed by atoms with Gasteiger partial charge in [0, 0.05) is 11.0 Å². The minimum Gasteiger partial charge on any atom is -0.341 e. The van der Waals surface area contributed by atoms with Crippen molar-refractivity contribution in [2.24, 2.45) is 0 Å². The van der Waals surface area contributed by atoms with Crippen molar-refractivity contribution in [2.75, 3.05) is 6.54 Å². The maximum atomic E-state index is 4.35. The van der Waals surface area contributed by atoms with Crippen LogP contribution in [0, 0.1) is 0 Å². The van der Waals surface area contributed by atoms with Gasteiger partial charge in [0.2, 0.25) is 0 Å². The van der Waals surface area contributed by atoms with Gasteiger partial charge in [0.05, 0.1) is 18.4 Å². The van der Waals surface area contributed by atoms with Crippen LogP contribution < -0.4 is 5.32 Å². The summed E-state index contributed by atoms with van der Waals surface area (Å²) >= 11 is 3.43. The van der Waals surface area contributed by atoms with Crippen LogP contribution in [0.3, 0.4) is 0 Å². The molecule has 0 aliphatic heterocycles. The smallest absolute Gasteiger partial charge is 0.120 e. The number of rotatable bonds is 5. The topological polar surface area (TPSA) is 40.7 Å². The van der Waals surface area contributed by atoms with Crippen LogP contribution in [0.4, 0.5) is 0 Å². The number of imidazole rings is 1. The monoisotopic (exact) mass is 335 g/mol. The van der Waals surface area contributed by atoms with Crippen molar-refractivity contribution < 1.29 is 0 Å². The Kier molecular flexibility index (Phi) is 7.26. The SMILES string of the molecule is C=C(C)CNCc1ncc(-c2ccc(Br)cc2)[nH]1.CC. The van der Waals surface area contributed by atoms with Crippen LogP contribution in [0.15, 0.2) is 47.1 Å². The van der Waals surface area contributed by atoms with Gasteiger partial charge < -0.3 is 10.3 Å². The van der Waals surface area contributed by atoms with E-state index in [1.165, 1.54) is 0 Å². The number of H-pyrrole nitrogens is 1. The normalized spacial score (nSPS) is 9.80. The second kappa shape index (κ2) is 8.72. The summed E-state index contributed by atoms with van der Waals surface area (Å²) in [4.78, 5) is 7.66. The fourth-order valence-corrected chi connectivity index (χ4v) is 1.89. The van der Waals surface area contributed by atoms with Gasteiger partial charge >= 0.3 is 0 Å². The van der Waals surface area contributed by atoms with E-state index in [2.05, 4.69) is 49.9 Å². The molecule has 1 aromatic carbocycles. The number of nitrogens with zero attached hydrogens (tertiary/aromatic N) is 1. The van der Waals surface area contributed by atoms with Crippen LogP contribution >= 0.6 is 15.9 Å². The average Bonchev–Trinajstić information content (AvgIpc) is 2.90. The summed E-state index contributed by atoms with van der Waals surface area (Å²) in [6, 6.07) is 8.16. The standard InChI is InChI=1S/C14H16BrN3.C2H6/c1-10(2)7-16-9-14-17-8-13(18-14)11-3-5-12(15)6-4-11;1-2/h3-6,8,16H,1,7,9H2,2H3,(H,17,18);1-2H3. The molecular formula is C16H22BrN3. The van der Waals surface area contributed by atoms with Crippen molar-refractivity contribution in [3.05, 3.63) is 52.9 Å². The Balaban J connectivity index is 0.000000956. The highest BCUT2D eigenvalue weighted by molar-refractivity contribution is 9.10. The molecule has 0 aliphatic rings. The van der Waals surface area contributed by atoms with E-state index in [-0.39, 0.29) is 0 Å². The molecule has 0 radical (unpaired) electrons. The van der Waals surface area contributed by atoms with Gasteiger partial charge in [-0.3, -0.25) is 0 Å². The molecular weight excluding hydrogens is 314 g/mol. The van der Waals surface area contributed by atoms with Gasteiger partial charge in [-0.2, -0.15) is 0 Å². The molecule has 108 valence electrons. The summed E-state index contributed by atoms with van der Waals surface area (Å²) in [5.74, 6) is 0.939. The number of benzene rings is 1. The van der Waals surface area contributed by atoms with Gasteiger partial charge in [0.25, 0.3) is 0 Å². The molecule has 2 rings (SSSR count). The number of hydrogen-bond acceptors (Lipinski definition) is 2.